The van der Waals surface area contributed by atoms with Gasteiger partial charge >= 0.3 is 0 Å². The molecule has 2 aromatic rings. The number of carbonyl (C=O) groups is 2. The lowest BCUT2D eigenvalue weighted by molar-refractivity contribution is -0.140. The van der Waals surface area contributed by atoms with E-state index in [2.05, 4.69) is 5.32 Å². The molecular formula is C27H39N3O5S. The van der Waals surface area contributed by atoms with Crippen LogP contribution in [0.4, 0.5) is 5.69 Å². The number of nitrogens with zero attached hydrogens (tertiary/aromatic N) is 2. The third-order valence-corrected chi connectivity index (χ3v) is 7.33. The number of sulfonamides is 1. The minimum absolute atomic E-state index is 0.00228. The molecule has 8 nitrogen and oxygen atoms in total. The Balaban J connectivity index is 2.17. The minimum atomic E-state index is -3.57. The highest BCUT2D eigenvalue weighted by Crippen LogP contribution is 2.24. The Morgan fingerprint density at radius 2 is 1.75 bits per heavy atom. The van der Waals surface area contributed by atoms with Crippen molar-refractivity contribution in [2.75, 3.05) is 24.2 Å². The summed E-state index contributed by atoms with van der Waals surface area (Å²) in [7, 11) is -2.05. The third-order valence-electron chi connectivity index (χ3n) is 6.14. The van der Waals surface area contributed by atoms with E-state index in [0.29, 0.717) is 24.4 Å². The quantitative estimate of drug-likeness (QED) is 0.435. The smallest absolute Gasteiger partial charge is 0.242 e. The van der Waals surface area contributed by atoms with Gasteiger partial charge in [-0.15, -0.1) is 0 Å². The number of anilines is 1. The van der Waals surface area contributed by atoms with Gasteiger partial charge in [0.25, 0.3) is 0 Å². The van der Waals surface area contributed by atoms with Crippen LogP contribution < -0.4 is 14.4 Å². The minimum Gasteiger partial charge on any atom is -0.497 e. The van der Waals surface area contributed by atoms with Crippen molar-refractivity contribution in [3.8, 4) is 5.75 Å². The molecule has 2 atom stereocenters. The molecule has 0 aliphatic rings. The molecule has 2 amide bonds. The molecule has 9 heteroatoms. The molecule has 0 aliphatic heterocycles. The van der Waals surface area contributed by atoms with Crippen molar-refractivity contribution < 1.29 is 22.7 Å². The van der Waals surface area contributed by atoms with Gasteiger partial charge in [0.2, 0.25) is 21.8 Å². The standard InChI is InChI=1S/C27H39N3O5S/c1-7-21(3)28-27(32)22(4)29(19-23-15-13-20(2)14-16-23)26(31)12-9-17-30(36(6,33)34)24-10-8-11-25(18-24)35-5/h8,10-11,13-16,18,21-22H,7,9,12,17,19H2,1-6H3,(H,28,32). The lowest BCUT2D eigenvalue weighted by Gasteiger charge is -2.30. The number of benzene rings is 2. The number of nitrogens with one attached hydrogen (secondary N) is 1. The van der Waals surface area contributed by atoms with Crippen LogP contribution in [0.25, 0.3) is 0 Å². The Hall–Kier alpha value is -3.07. The van der Waals surface area contributed by atoms with E-state index in [9.17, 15) is 18.0 Å². The molecule has 0 aliphatic carbocycles. The third kappa shape index (κ3) is 8.55. The lowest BCUT2D eigenvalue weighted by Crippen LogP contribution is -2.49. The summed E-state index contributed by atoms with van der Waals surface area (Å²) in [5.74, 6) is 0.128. The van der Waals surface area contributed by atoms with Gasteiger partial charge < -0.3 is 15.0 Å². The molecule has 2 rings (SSSR count). The molecule has 2 aromatic carbocycles. The van der Waals surface area contributed by atoms with E-state index in [-0.39, 0.29) is 30.8 Å². The number of hydrogen-bond donors (Lipinski definition) is 1. The maximum Gasteiger partial charge on any atom is 0.242 e. The van der Waals surface area contributed by atoms with Crippen LogP contribution in [-0.4, -0.2) is 57.1 Å². The molecule has 198 valence electrons. The second kappa shape index (κ2) is 13.3. The van der Waals surface area contributed by atoms with Gasteiger partial charge in [0.05, 0.1) is 19.1 Å². The van der Waals surface area contributed by atoms with Gasteiger partial charge in [-0.1, -0.05) is 42.8 Å². The average molecular weight is 518 g/mol. The summed E-state index contributed by atoms with van der Waals surface area (Å²) >= 11 is 0. The van der Waals surface area contributed by atoms with Crippen LogP contribution in [-0.2, 0) is 26.2 Å². The SMILES string of the molecule is CCC(C)NC(=O)C(C)N(Cc1ccc(C)cc1)C(=O)CCCN(c1cccc(OC)c1)S(C)(=O)=O. The monoisotopic (exact) mass is 517 g/mol. The predicted molar refractivity (Wildman–Crippen MR) is 144 cm³/mol. The Bertz CT molecular complexity index is 1120. The number of amides is 2. The van der Waals surface area contributed by atoms with Crippen LogP contribution in [0.15, 0.2) is 48.5 Å². The molecule has 2 unspecified atom stereocenters. The van der Waals surface area contributed by atoms with Crippen LogP contribution >= 0.6 is 0 Å². The maximum absolute atomic E-state index is 13.3. The Labute approximate surface area is 215 Å². The molecule has 0 radical (unpaired) electrons. The number of methoxy groups -OCH3 is 1. The molecule has 0 spiro atoms. The number of ether oxygens (including phenoxy) is 1. The highest BCUT2D eigenvalue weighted by Gasteiger charge is 2.27. The van der Waals surface area contributed by atoms with E-state index in [1.54, 1.807) is 36.1 Å². The summed E-state index contributed by atoms with van der Waals surface area (Å²) in [6.45, 7) is 8.05. The van der Waals surface area contributed by atoms with Crippen molar-refractivity contribution in [2.24, 2.45) is 0 Å². The molecule has 36 heavy (non-hydrogen) atoms. The first-order chi connectivity index (χ1) is 17.0. The van der Waals surface area contributed by atoms with Crippen LogP contribution in [0.2, 0.25) is 0 Å². The van der Waals surface area contributed by atoms with E-state index < -0.39 is 16.1 Å². The lowest BCUT2D eigenvalue weighted by atomic mass is 10.1. The normalized spacial score (nSPS) is 12.9. The van der Waals surface area contributed by atoms with E-state index in [1.165, 1.54) is 11.4 Å². The molecule has 0 fully saturated rings. The first-order valence-electron chi connectivity index (χ1n) is 12.2. The van der Waals surface area contributed by atoms with Crippen molar-refractivity contribution in [1.29, 1.82) is 0 Å². The van der Waals surface area contributed by atoms with E-state index >= 15 is 0 Å². The van der Waals surface area contributed by atoms with Crippen molar-refractivity contribution in [2.45, 2.75) is 65.6 Å². The second-order valence-corrected chi connectivity index (χ2v) is 11.0. The van der Waals surface area contributed by atoms with Gasteiger partial charge in [-0.2, -0.15) is 0 Å². The van der Waals surface area contributed by atoms with E-state index in [4.69, 9.17) is 4.74 Å². The van der Waals surface area contributed by atoms with Crippen LogP contribution in [0, 0.1) is 6.92 Å². The summed E-state index contributed by atoms with van der Waals surface area (Å²) in [5, 5.41) is 2.95. The summed E-state index contributed by atoms with van der Waals surface area (Å²) in [5.41, 5.74) is 2.51. The molecule has 0 saturated carbocycles. The van der Waals surface area contributed by atoms with Crippen LogP contribution in [0.1, 0.15) is 51.2 Å². The number of aryl methyl sites for hydroxylation is 1. The maximum atomic E-state index is 13.3. The zero-order valence-corrected chi connectivity index (χ0v) is 23.0. The van der Waals surface area contributed by atoms with Gasteiger partial charge in [-0.05, 0) is 51.3 Å². The highest BCUT2D eigenvalue weighted by atomic mass is 32.2. The second-order valence-electron chi connectivity index (χ2n) is 9.14. The molecule has 0 heterocycles. The van der Waals surface area contributed by atoms with E-state index in [1.807, 2.05) is 45.0 Å². The summed E-state index contributed by atoms with van der Waals surface area (Å²) in [4.78, 5) is 27.8. The fraction of sp³-hybridized carbons (Fsp3) is 0.481. The number of rotatable bonds is 13. The largest absolute Gasteiger partial charge is 0.497 e. The van der Waals surface area contributed by atoms with Gasteiger partial charge in [-0.25, -0.2) is 8.42 Å². The molecule has 0 aromatic heterocycles. The van der Waals surface area contributed by atoms with Gasteiger partial charge in [0.15, 0.2) is 0 Å². The van der Waals surface area contributed by atoms with Gasteiger partial charge in [-0.3, -0.25) is 13.9 Å². The van der Waals surface area contributed by atoms with Crippen molar-refractivity contribution in [3.63, 3.8) is 0 Å². The number of carbonyl (C=O) groups excluding carboxylic acids is 2. The molecule has 0 saturated heterocycles. The Morgan fingerprint density at radius 3 is 2.33 bits per heavy atom. The molecule has 0 bridgehead atoms. The summed E-state index contributed by atoms with van der Waals surface area (Å²) in [6, 6.07) is 14.0. The Kier molecular flexibility index (Phi) is 10.8. The zero-order valence-electron chi connectivity index (χ0n) is 22.2. The first kappa shape index (κ1) is 29.2. The topological polar surface area (TPSA) is 96.0 Å². The van der Waals surface area contributed by atoms with Gasteiger partial charge in [0, 0.05) is 31.6 Å². The van der Waals surface area contributed by atoms with Crippen molar-refractivity contribution in [1.82, 2.24) is 10.2 Å². The molecular weight excluding hydrogens is 478 g/mol. The summed E-state index contributed by atoms with van der Waals surface area (Å²) in [6.07, 6.45) is 2.32. The molecule has 1 N–H and O–H groups in total. The summed E-state index contributed by atoms with van der Waals surface area (Å²) < 4.78 is 31.4. The van der Waals surface area contributed by atoms with Crippen molar-refractivity contribution >= 4 is 27.5 Å². The predicted octanol–water partition coefficient (Wildman–Crippen LogP) is 3.88. The fourth-order valence-electron chi connectivity index (χ4n) is 3.71. The average Bonchev–Trinajstić information content (AvgIpc) is 2.84. The number of hydrogen-bond acceptors (Lipinski definition) is 5. The zero-order chi connectivity index (χ0) is 26.9. The van der Waals surface area contributed by atoms with Crippen molar-refractivity contribution in [3.05, 3.63) is 59.7 Å². The highest BCUT2D eigenvalue weighted by molar-refractivity contribution is 7.92. The van der Waals surface area contributed by atoms with Crippen LogP contribution in [0.3, 0.4) is 0 Å². The Morgan fingerprint density at radius 1 is 1.08 bits per heavy atom. The first-order valence-corrected chi connectivity index (χ1v) is 14.1. The van der Waals surface area contributed by atoms with E-state index in [0.717, 1.165) is 23.8 Å². The fourth-order valence-corrected chi connectivity index (χ4v) is 4.67. The van der Waals surface area contributed by atoms with Gasteiger partial charge in [0.1, 0.15) is 11.8 Å². The van der Waals surface area contributed by atoms with Crippen LogP contribution in [0.5, 0.6) is 5.75 Å².